The average Bonchev–Trinajstić information content (AvgIpc) is 2.81. The normalized spacial score (nSPS) is 16.4. The van der Waals surface area contributed by atoms with Crippen LogP contribution in [0, 0.1) is 0 Å². The molecule has 0 unspecified atom stereocenters. The van der Waals surface area contributed by atoms with Gasteiger partial charge in [-0.05, 0) is 57.2 Å². The number of carbonyl (C=O) groups is 4. The first-order valence-electron chi connectivity index (χ1n) is 11.8. The number of likely N-dealkylation sites (N-methyl/N-ethyl adjacent to an activating group) is 1. The van der Waals surface area contributed by atoms with Crippen LogP contribution in [-0.2, 0) is 23.9 Å². The molecule has 10 nitrogen and oxygen atoms in total. The van der Waals surface area contributed by atoms with Crippen LogP contribution in [0.4, 0.5) is 21.9 Å². The monoisotopic (exact) mass is 564 g/mol. The van der Waals surface area contributed by atoms with Gasteiger partial charge in [0.25, 0.3) is 5.91 Å². The number of fused-ring (bicyclic) bond motifs is 1. The van der Waals surface area contributed by atoms with Gasteiger partial charge in [0.15, 0.2) is 6.61 Å². The van der Waals surface area contributed by atoms with Gasteiger partial charge in [0.05, 0.1) is 6.04 Å². The average molecular weight is 565 g/mol. The molecule has 12 heteroatoms. The first kappa shape index (κ1) is 29.1. The quantitative estimate of drug-likeness (QED) is 0.425. The summed E-state index contributed by atoms with van der Waals surface area (Å²) in [5.74, 6) is -1.43. The highest BCUT2D eigenvalue weighted by atomic mass is 35.5. The number of halogens is 2. The molecule has 0 bridgehead atoms. The van der Waals surface area contributed by atoms with Crippen molar-refractivity contribution in [3.05, 3.63) is 52.0 Å². The van der Waals surface area contributed by atoms with Gasteiger partial charge in [0, 0.05) is 53.1 Å². The number of benzene rings is 2. The molecular weight excluding hydrogens is 535 g/mol. The Morgan fingerprint density at radius 3 is 2.34 bits per heavy atom. The lowest BCUT2D eigenvalue weighted by atomic mass is 9.91. The van der Waals surface area contributed by atoms with Crippen LogP contribution in [0.3, 0.4) is 0 Å². The van der Waals surface area contributed by atoms with Crippen molar-refractivity contribution in [3.63, 3.8) is 0 Å². The van der Waals surface area contributed by atoms with E-state index >= 15 is 0 Å². The van der Waals surface area contributed by atoms with Crippen LogP contribution < -0.4 is 20.9 Å². The summed E-state index contributed by atoms with van der Waals surface area (Å²) in [5, 5.41) is 8.76. The predicted molar refractivity (Wildman–Crippen MR) is 146 cm³/mol. The molecule has 1 aliphatic rings. The highest BCUT2D eigenvalue weighted by molar-refractivity contribution is 6.35. The van der Waals surface area contributed by atoms with Crippen molar-refractivity contribution in [2.75, 3.05) is 29.2 Å². The van der Waals surface area contributed by atoms with Gasteiger partial charge >= 0.3 is 12.1 Å². The van der Waals surface area contributed by atoms with Crippen molar-refractivity contribution in [1.82, 2.24) is 5.32 Å². The van der Waals surface area contributed by atoms with Crippen LogP contribution in [-0.4, -0.2) is 49.2 Å². The second kappa shape index (κ2) is 11.9. The number of hydrogen-bond donors (Lipinski definition) is 3. The Kier molecular flexibility index (Phi) is 9.11. The van der Waals surface area contributed by atoms with Crippen molar-refractivity contribution in [2.24, 2.45) is 0 Å². The molecule has 0 aliphatic carbocycles. The molecule has 2 atom stereocenters. The first-order valence-corrected chi connectivity index (χ1v) is 12.6. The standard InChI is InChI=1S/C26H30Cl2N4O6/c1-14(33)32(17-8-6-16(7-9-17)30-25(36)38-26(2,3)4)21-12-20(24(35)37-13-22(34)29-5)31-19-11-15(27)10-18(28)23(19)21/h6-11,20-21,31H,12-13H2,1-5H3,(H,29,34)(H,30,36)/t20-,21+/m0/s1. The van der Waals surface area contributed by atoms with E-state index in [1.165, 1.54) is 18.9 Å². The number of carbonyl (C=O) groups excluding carboxylic acids is 4. The Morgan fingerprint density at radius 2 is 1.76 bits per heavy atom. The molecule has 0 radical (unpaired) electrons. The van der Waals surface area contributed by atoms with Crippen molar-refractivity contribution in [2.45, 2.75) is 51.8 Å². The fourth-order valence-electron chi connectivity index (χ4n) is 4.04. The van der Waals surface area contributed by atoms with Crippen molar-refractivity contribution < 1.29 is 28.7 Å². The molecule has 0 saturated heterocycles. The maximum atomic E-state index is 13.0. The Hall–Kier alpha value is -3.50. The number of nitrogens with one attached hydrogen (secondary N) is 3. The van der Waals surface area contributed by atoms with Crippen molar-refractivity contribution in [3.8, 4) is 0 Å². The number of rotatable bonds is 6. The van der Waals surface area contributed by atoms with Gasteiger partial charge in [-0.25, -0.2) is 9.59 Å². The Labute approximate surface area is 230 Å². The fourth-order valence-corrected chi connectivity index (χ4v) is 4.66. The molecule has 38 heavy (non-hydrogen) atoms. The zero-order valence-electron chi connectivity index (χ0n) is 21.7. The molecule has 1 aliphatic heterocycles. The minimum atomic E-state index is -0.887. The molecule has 2 aromatic carbocycles. The highest BCUT2D eigenvalue weighted by Gasteiger charge is 2.38. The number of esters is 1. The van der Waals surface area contributed by atoms with E-state index in [4.69, 9.17) is 32.7 Å². The summed E-state index contributed by atoms with van der Waals surface area (Å²) < 4.78 is 10.4. The lowest BCUT2D eigenvalue weighted by Gasteiger charge is -2.39. The van der Waals surface area contributed by atoms with E-state index in [0.29, 0.717) is 32.7 Å². The summed E-state index contributed by atoms with van der Waals surface area (Å²) in [5.41, 5.74) is 1.37. The maximum Gasteiger partial charge on any atom is 0.412 e. The van der Waals surface area contributed by atoms with Crippen LogP contribution in [0.15, 0.2) is 36.4 Å². The Morgan fingerprint density at radius 1 is 1.11 bits per heavy atom. The number of nitrogens with zero attached hydrogens (tertiary/aromatic N) is 1. The van der Waals surface area contributed by atoms with Crippen molar-refractivity contribution >= 4 is 64.1 Å². The SMILES string of the molecule is CNC(=O)COC(=O)[C@@H]1C[C@@H](N(C(C)=O)c2ccc(NC(=O)OC(C)(C)C)cc2)c2c(Cl)cc(Cl)cc2N1. The summed E-state index contributed by atoms with van der Waals surface area (Å²) in [4.78, 5) is 51.0. The van der Waals surface area contributed by atoms with Gasteiger partial charge < -0.3 is 25.0 Å². The molecule has 0 saturated carbocycles. The van der Waals surface area contributed by atoms with E-state index in [9.17, 15) is 19.2 Å². The predicted octanol–water partition coefficient (Wildman–Crippen LogP) is 4.91. The zero-order valence-corrected chi connectivity index (χ0v) is 23.2. The molecule has 3 amide bonds. The summed E-state index contributed by atoms with van der Waals surface area (Å²) in [6.45, 7) is 6.24. The number of anilines is 3. The summed E-state index contributed by atoms with van der Waals surface area (Å²) in [7, 11) is 1.43. The minimum Gasteiger partial charge on any atom is -0.454 e. The Balaban J connectivity index is 1.93. The summed E-state index contributed by atoms with van der Waals surface area (Å²) in [6.07, 6.45) is -0.499. The molecule has 3 N–H and O–H groups in total. The molecule has 2 aromatic rings. The van der Waals surface area contributed by atoms with Gasteiger partial charge in [-0.15, -0.1) is 0 Å². The van der Waals surface area contributed by atoms with Gasteiger partial charge in [-0.1, -0.05) is 23.2 Å². The molecular formula is C26H30Cl2N4O6. The fraction of sp³-hybridized carbons (Fsp3) is 0.385. The van der Waals surface area contributed by atoms with E-state index in [1.54, 1.807) is 57.2 Å². The van der Waals surface area contributed by atoms with E-state index in [-0.39, 0.29) is 12.3 Å². The molecule has 1 heterocycles. The van der Waals surface area contributed by atoms with Crippen LogP contribution in [0.1, 0.15) is 45.7 Å². The number of hydrogen-bond acceptors (Lipinski definition) is 7. The lowest BCUT2D eigenvalue weighted by Crippen LogP contribution is -2.44. The number of ether oxygens (including phenoxy) is 2. The maximum absolute atomic E-state index is 13.0. The highest BCUT2D eigenvalue weighted by Crippen LogP contribution is 2.44. The van der Waals surface area contributed by atoms with Crippen LogP contribution in [0.2, 0.25) is 10.0 Å². The van der Waals surface area contributed by atoms with E-state index in [0.717, 1.165) is 0 Å². The minimum absolute atomic E-state index is 0.110. The van der Waals surface area contributed by atoms with Gasteiger partial charge in [-0.2, -0.15) is 0 Å². The third kappa shape index (κ3) is 7.29. The second-order valence-corrected chi connectivity index (χ2v) is 10.5. The van der Waals surface area contributed by atoms with Gasteiger partial charge in [0.1, 0.15) is 11.6 Å². The molecule has 0 spiro atoms. The van der Waals surface area contributed by atoms with Crippen LogP contribution in [0.25, 0.3) is 0 Å². The third-order valence-electron chi connectivity index (χ3n) is 5.57. The van der Waals surface area contributed by atoms with E-state index < -0.39 is 42.3 Å². The summed E-state index contributed by atoms with van der Waals surface area (Å²) >= 11 is 12.8. The largest absolute Gasteiger partial charge is 0.454 e. The molecule has 0 aromatic heterocycles. The topological polar surface area (TPSA) is 126 Å². The van der Waals surface area contributed by atoms with Gasteiger partial charge in [0.2, 0.25) is 5.91 Å². The first-order chi connectivity index (χ1) is 17.8. The van der Waals surface area contributed by atoms with Crippen LogP contribution >= 0.6 is 23.2 Å². The Bertz CT molecular complexity index is 1230. The smallest absolute Gasteiger partial charge is 0.412 e. The second-order valence-electron chi connectivity index (χ2n) is 9.64. The lowest BCUT2D eigenvalue weighted by molar-refractivity contribution is -0.149. The van der Waals surface area contributed by atoms with E-state index in [2.05, 4.69) is 16.0 Å². The molecule has 204 valence electrons. The molecule has 3 rings (SSSR count). The van der Waals surface area contributed by atoms with Gasteiger partial charge in [-0.3, -0.25) is 14.9 Å². The van der Waals surface area contributed by atoms with E-state index in [1.807, 2.05) is 0 Å². The zero-order chi connectivity index (χ0) is 28.2. The number of amides is 3. The summed E-state index contributed by atoms with van der Waals surface area (Å²) in [6, 6.07) is 8.22. The van der Waals surface area contributed by atoms with Crippen molar-refractivity contribution in [1.29, 1.82) is 0 Å². The third-order valence-corrected chi connectivity index (χ3v) is 6.10. The molecule has 0 fully saturated rings. The van der Waals surface area contributed by atoms with Crippen LogP contribution in [0.5, 0.6) is 0 Å².